The Kier molecular flexibility index (Phi) is 5.80. The molecule has 1 heterocycles. The highest BCUT2D eigenvalue weighted by molar-refractivity contribution is 5.75. The number of hydrogen-bond acceptors (Lipinski definition) is 5. The van der Waals surface area contributed by atoms with E-state index in [2.05, 4.69) is 27.1 Å². The summed E-state index contributed by atoms with van der Waals surface area (Å²) in [4.78, 5) is 17.2. The summed E-state index contributed by atoms with van der Waals surface area (Å²) in [6.45, 7) is 1.58. The zero-order chi connectivity index (χ0) is 20.8. The molecular formula is C23H21N5O2. The van der Waals surface area contributed by atoms with Crippen molar-refractivity contribution in [3.63, 3.8) is 0 Å². The molecule has 0 unspecified atom stereocenters. The van der Waals surface area contributed by atoms with Crippen LogP contribution in [0.2, 0.25) is 0 Å². The van der Waals surface area contributed by atoms with Crippen LogP contribution in [0.25, 0.3) is 11.1 Å². The van der Waals surface area contributed by atoms with Gasteiger partial charge in [-0.15, -0.1) is 0 Å². The molecule has 0 amide bonds. The van der Waals surface area contributed by atoms with Crippen molar-refractivity contribution < 1.29 is 4.92 Å². The van der Waals surface area contributed by atoms with Crippen molar-refractivity contribution in [3.8, 4) is 11.1 Å². The number of nitro groups is 1. The normalized spacial score (nSPS) is 10.7. The van der Waals surface area contributed by atoms with E-state index in [-0.39, 0.29) is 10.6 Å². The van der Waals surface area contributed by atoms with Gasteiger partial charge in [-0.05, 0) is 42.3 Å². The van der Waals surface area contributed by atoms with Gasteiger partial charge in [-0.3, -0.25) is 14.8 Å². The average Bonchev–Trinajstić information content (AvgIpc) is 3.31. The van der Waals surface area contributed by atoms with E-state index in [9.17, 15) is 10.1 Å². The van der Waals surface area contributed by atoms with E-state index in [1.165, 1.54) is 12.4 Å². The lowest BCUT2D eigenvalue weighted by molar-refractivity contribution is -0.384. The van der Waals surface area contributed by atoms with Gasteiger partial charge in [0.2, 0.25) is 0 Å². The van der Waals surface area contributed by atoms with Gasteiger partial charge in [0.05, 0.1) is 10.5 Å². The minimum Gasteiger partial charge on any atom is -0.341 e. The van der Waals surface area contributed by atoms with Gasteiger partial charge in [0, 0.05) is 30.5 Å². The van der Waals surface area contributed by atoms with Crippen molar-refractivity contribution in [2.24, 2.45) is 0 Å². The number of nitrogens with zero attached hydrogens (tertiary/aromatic N) is 5. The van der Waals surface area contributed by atoms with Crippen molar-refractivity contribution in [1.29, 1.82) is 0 Å². The second kappa shape index (κ2) is 9.00. The number of hydrogen-bond donors (Lipinski definition) is 0. The van der Waals surface area contributed by atoms with Crippen LogP contribution in [0.3, 0.4) is 0 Å². The maximum atomic E-state index is 11.4. The molecule has 7 heteroatoms. The summed E-state index contributed by atoms with van der Waals surface area (Å²) in [6.07, 6.45) is 4.15. The van der Waals surface area contributed by atoms with E-state index in [0.29, 0.717) is 5.56 Å². The van der Waals surface area contributed by atoms with Crippen LogP contribution in [0.5, 0.6) is 0 Å². The predicted molar refractivity (Wildman–Crippen MR) is 117 cm³/mol. The lowest BCUT2D eigenvalue weighted by atomic mass is 10.0. The fraction of sp³-hybridized carbons (Fsp3) is 0.130. The third-order valence-electron chi connectivity index (χ3n) is 4.89. The summed E-state index contributed by atoms with van der Waals surface area (Å²) >= 11 is 0. The van der Waals surface area contributed by atoms with Crippen LogP contribution in [-0.2, 0) is 6.54 Å². The molecule has 30 heavy (non-hydrogen) atoms. The summed E-state index contributed by atoms with van der Waals surface area (Å²) in [5, 5.41) is 15.5. The van der Waals surface area contributed by atoms with E-state index >= 15 is 0 Å². The van der Waals surface area contributed by atoms with Crippen molar-refractivity contribution >= 4 is 17.1 Å². The minimum atomic E-state index is -0.344. The third kappa shape index (κ3) is 4.35. The van der Waals surface area contributed by atoms with Crippen molar-refractivity contribution in [3.05, 3.63) is 102 Å². The summed E-state index contributed by atoms with van der Waals surface area (Å²) in [7, 11) is 0. The van der Waals surface area contributed by atoms with Crippen LogP contribution < -0.4 is 4.90 Å². The van der Waals surface area contributed by atoms with Crippen molar-refractivity contribution in [2.45, 2.75) is 13.0 Å². The Morgan fingerprint density at radius 2 is 1.60 bits per heavy atom. The molecule has 7 nitrogen and oxygen atoms in total. The van der Waals surface area contributed by atoms with Gasteiger partial charge in [-0.1, -0.05) is 42.5 Å². The van der Waals surface area contributed by atoms with E-state index in [1.54, 1.807) is 18.5 Å². The highest BCUT2D eigenvalue weighted by Gasteiger charge is 2.15. The molecule has 150 valence electrons. The highest BCUT2D eigenvalue weighted by Crippen LogP contribution is 2.32. The quantitative estimate of drug-likeness (QED) is 0.305. The predicted octanol–water partition coefficient (Wildman–Crippen LogP) is 5.08. The summed E-state index contributed by atoms with van der Waals surface area (Å²) < 4.78 is 1.82. The Morgan fingerprint density at radius 3 is 2.30 bits per heavy atom. The van der Waals surface area contributed by atoms with Crippen LogP contribution in [0, 0.1) is 10.1 Å². The molecule has 0 saturated carbocycles. The van der Waals surface area contributed by atoms with Crippen LogP contribution in [-0.4, -0.2) is 26.2 Å². The second-order valence-corrected chi connectivity index (χ2v) is 6.82. The molecule has 0 aliphatic heterocycles. The van der Waals surface area contributed by atoms with Gasteiger partial charge in [-0.25, -0.2) is 4.98 Å². The summed E-state index contributed by atoms with van der Waals surface area (Å²) in [5.74, 6) is 0. The zero-order valence-electron chi connectivity index (χ0n) is 16.3. The molecular weight excluding hydrogens is 378 g/mol. The Morgan fingerprint density at radius 1 is 0.900 bits per heavy atom. The molecule has 1 aromatic heterocycles. The highest BCUT2D eigenvalue weighted by atomic mass is 16.6. The number of nitro benzene ring substituents is 1. The smallest absolute Gasteiger partial charge is 0.277 e. The topological polar surface area (TPSA) is 77.1 Å². The van der Waals surface area contributed by atoms with Gasteiger partial charge in [-0.2, -0.15) is 5.10 Å². The third-order valence-corrected chi connectivity index (χ3v) is 4.89. The number of benzene rings is 3. The van der Waals surface area contributed by atoms with Gasteiger partial charge in [0.1, 0.15) is 12.7 Å². The first-order valence-corrected chi connectivity index (χ1v) is 9.71. The van der Waals surface area contributed by atoms with Crippen molar-refractivity contribution in [1.82, 2.24) is 14.8 Å². The van der Waals surface area contributed by atoms with Crippen LogP contribution in [0.1, 0.15) is 6.42 Å². The lowest BCUT2D eigenvalue weighted by Gasteiger charge is -2.25. The Hall–Kier alpha value is -4.00. The fourth-order valence-electron chi connectivity index (χ4n) is 3.45. The van der Waals surface area contributed by atoms with Gasteiger partial charge in [0.25, 0.3) is 5.69 Å². The van der Waals surface area contributed by atoms with E-state index in [1.807, 2.05) is 53.2 Å². The number of anilines is 2. The zero-order valence-corrected chi connectivity index (χ0v) is 16.3. The average molecular weight is 399 g/mol. The first kappa shape index (κ1) is 19.3. The number of aromatic nitrogens is 3. The standard InChI is InChI=1S/C23H21N5O2/c29-28(30)23-10-5-4-9-22(23)19-11-13-21(14-12-19)27(20-7-2-1-3-8-20)16-6-15-26-18-24-17-25-26/h1-5,7-14,17-18H,6,15-16H2. The molecule has 4 rings (SSSR count). The molecule has 0 bridgehead atoms. The van der Waals surface area contributed by atoms with Gasteiger partial charge >= 0.3 is 0 Å². The number of rotatable bonds is 8. The fourth-order valence-corrected chi connectivity index (χ4v) is 3.45. The molecule has 4 aromatic rings. The summed E-state index contributed by atoms with van der Waals surface area (Å²) in [5.41, 5.74) is 3.67. The number of para-hydroxylation sites is 2. The molecule has 3 aromatic carbocycles. The molecule has 0 N–H and O–H groups in total. The van der Waals surface area contributed by atoms with E-state index < -0.39 is 0 Å². The molecule has 0 atom stereocenters. The lowest BCUT2D eigenvalue weighted by Crippen LogP contribution is -2.20. The maximum Gasteiger partial charge on any atom is 0.277 e. The number of aryl methyl sites for hydroxylation is 1. The summed E-state index contributed by atoms with van der Waals surface area (Å²) in [6, 6.07) is 24.9. The molecule has 0 saturated heterocycles. The molecule has 0 aliphatic carbocycles. The SMILES string of the molecule is O=[N+]([O-])c1ccccc1-c1ccc(N(CCCn2cncn2)c2ccccc2)cc1. The van der Waals surface area contributed by atoms with Gasteiger partial charge < -0.3 is 4.90 Å². The first-order valence-electron chi connectivity index (χ1n) is 9.71. The van der Waals surface area contributed by atoms with Gasteiger partial charge in [0.15, 0.2) is 0 Å². The molecule has 0 radical (unpaired) electrons. The monoisotopic (exact) mass is 399 g/mol. The molecule has 0 fully saturated rings. The van der Waals surface area contributed by atoms with Crippen LogP contribution in [0.15, 0.2) is 91.5 Å². The van der Waals surface area contributed by atoms with E-state index in [4.69, 9.17) is 0 Å². The maximum absolute atomic E-state index is 11.4. The Balaban J connectivity index is 1.59. The molecule has 0 aliphatic rings. The molecule has 0 spiro atoms. The largest absolute Gasteiger partial charge is 0.341 e. The minimum absolute atomic E-state index is 0.109. The van der Waals surface area contributed by atoms with E-state index in [0.717, 1.165) is 36.4 Å². The van der Waals surface area contributed by atoms with Crippen LogP contribution in [0.4, 0.5) is 17.1 Å². The first-order chi connectivity index (χ1) is 14.7. The van der Waals surface area contributed by atoms with Crippen molar-refractivity contribution in [2.75, 3.05) is 11.4 Å². The second-order valence-electron chi connectivity index (χ2n) is 6.82. The Labute approximate surface area is 174 Å². The van der Waals surface area contributed by atoms with Crippen LogP contribution >= 0.6 is 0 Å². The Bertz CT molecular complexity index is 1100.